The van der Waals surface area contributed by atoms with Gasteiger partial charge in [0.05, 0.1) is 6.10 Å². The second kappa shape index (κ2) is 5.62. The Bertz CT molecular complexity index is 409. The molecule has 0 radical (unpaired) electrons. The van der Waals surface area contributed by atoms with Crippen molar-refractivity contribution < 1.29 is 9.53 Å². The van der Waals surface area contributed by atoms with Gasteiger partial charge in [-0.05, 0) is 18.1 Å². The summed E-state index contributed by atoms with van der Waals surface area (Å²) < 4.78 is 5.63. The van der Waals surface area contributed by atoms with E-state index >= 15 is 0 Å². The molecule has 19 heavy (non-hydrogen) atoms. The smallest absolute Gasteiger partial charge is 0.295 e. The Kier molecular flexibility index (Phi) is 3.69. The number of rotatable bonds is 3. The van der Waals surface area contributed by atoms with Crippen LogP contribution in [0, 0.1) is 0 Å². The van der Waals surface area contributed by atoms with E-state index in [0.717, 1.165) is 32.7 Å². The van der Waals surface area contributed by atoms with Crippen LogP contribution in [0.1, 0.15) is 23.5 Å². The number of H-pyrrole nitrogens is 1. The molecule has 0 aliphatic carbocycles. The maximum Gasteiger partial charge on any atom is 0.295 e. The van der Waals surface area contributed by atoms with E-state index in [0.29, 0.717) is 19.2 Å². The average molecular weight is 266 g/mol. The molecule has 0 aromatic carbocycles. The molecule has 1 N–H and O–H groups in total. The summed E-state index contributed by atoms with van der Waals surface area (Å²) in [7, 11) is 0. The van der Waals surface area contributed by atoms with Crippen molar-refractivity contribution in [3.05, 3.63) is 5.82 Å². The largest absolute Gasteiger partial charge is 0.377 e. The lowest BCUT2D eigenvalue weighted by molar-refractivity contribution is 0.0426. The molecule has 1 aromatic heterocycles. The van der Waals surface area contributed by atoms with Crippen LogP contribution in [0.5, 0.6) is 0 Å². The number of nitrogens with zero attached hydrogens (tertiary/aromatic N) is 5. The third-order valence-corrected chi connectivity index (χ3v) is 3.68. The number of aromatic amines is 1. The average Bonchev–Trinajstić information content (AvgIpc) is 3.12. The van der Waals surface area contributed by atoms with Crippen LogP contribution in [0.3, 0.4) is 0 Å². The van der Waals surface area contributed by atoms with E-state index in [2.05, 4.69) is 25.5 Å². The molecule has 2 aliphatic heterocycles. The van der Waals surface area contributed by atoms with Crippen molar-refractivity contribution in [2.45, 2.75) is 18.9 Å². The summed E-state index contributed by atoms with van der Waals surface area (Å²) in [5, 5.41) is 13.2. The van der Waals surface area contributed by atoms with Crippen LogP contribution in [0.2, 0.25) is 0 Å². The number of piperazine rings is 1. The minimum atomic E-state index is -0.148. The van der Waals surface area contributed by atoms with E-state index in [1.807, 2.05) is 0 Å². The van der Waals surface area contributed by atoms with Gasteiger partial charge in [0.25, 0.3) is 11.7 Å². The summed E-state index contributed by atoms with van der Waals surface area (Å²) in [6, 6.07) is 0. The lowest BCUT2D eigenvalue weighted by atomic mass is 10.2. The van der Waals surface area contributed by atoms with E-state index < -0.39 is 0 Å². The fourth-order valence-electron chi connectivity index (χ4n) is 2.60. The number of hydrogen-bond donors (Lipinski definition) is 1. The van der Waals surface area contributed by atoms with E-state index in [9.17, 15) is 4.79 Å². The molecule has 0 bridgehead atoms. The Morgan fingerprint density at radius 2 is 2.21 bits per heavy atom. The molecule has 8 nitrogen and oxygen atoms in total. The van der Waals surface area contributed by atoms with Gasteiger partial charge in [-0.3, -0.25) is 9.69 Å². The van der Waals surface area contributed by atoms with Crippen LogP contribution in [-0.4, -0.2) is 81.8 Å². The highest BCUT2D eigenvalue weighted by Crippen LogP contribution is 2.14. The SMILES string of the molecule is O=C(c1nn[nH]n1)N1CCN(CC2CCCO2)CC1. The highest BCUT2D eigenvalue weighted by atomic mass is 16.5. The van der Waals surface area contributed by atoms with Gasteiger partial charge in [-0.2, -0.15) is 5.21 Å². The number of carbonyl (C=O) groups is 1. The molecule has 2 aliphatic rings. The fourth-order valence-corrected chi connectivity index (χ4v) is 2.60. The summed E-state index contributed by atoms with van der Waals surface area (Å²) in [5.41, 5.74) is 0. The van der Waals surface area contributed by atoms with Crippen molar-refractivity contribution in [1.82, 2.24) is 30.4 Å². The first-order chi connectivity index (χ1) is 9.33. The van der Waals surface area contributed by atoms with Gasteiger partial charge >= 0.3 is 0 Å². The van der Waals surface area contributed by atoms with E-state index in [1.165, 1.54) is 6.42 Å². The maximum absolute atomic E-state index is 12.0. The standard InChI is InChI=1S/C11H18N6O2/c18-11(10-12-14-15-13-10)17-5-3-16(4-6-17)8-9-2-1-7-19-9/h9H,1-8H2,(H,12,13,14,15). The molecule has 0 saturated carbocycles. The van der Waals surface area contributed by atoms with Gasteiger partial charge in [0.1, 0.15) is 0 Å². The quantitative estimate of drug-likeness (QED) is 0.765. The van der Waals surface area contributed by atoms with E-state index in [-0.39, 0.29) is 11.7 Å². The Labute approximate surface area is 111 Å². The normalized spacial score (nSPS) is 24.8. The molecule has 2 saturated heterocycles. The molecule has 2 fully saturated rings. The third-order valence-electron chi connectivity index (χ3n) is 3.68. The second-order valence-electron chi connectivity index (χ2n) is 4.96. The number of hydrogen-bond acceptors (Lipinski definition) is 6. The van der Waals surface area contributed by atoms with Crippen molar-refractivity contribution >= 4 is 5.91 Å². The van der Waals surface area contributed by atoms with E-state index in [1.54, 1.807) is 4.90 Å². The Morgan fingerprint density at radius 1 is 1.37 bits per heavy atom. The number of carbonyl (C=O) groups excluding carboxylic acids is 1. The summed E-state index contributed by atoms with van der Waals surface area (Å²) in [4.78, 5) is 16.1. The van der Waals surface area contributed by atoms with Gasteiger partial charge in [0.2, 0.25) is 0 Å². The minimum absolute atomic E-state index is 0.146. The van der Waals surface area contributed by atoms with Crippen LogP contribution in [0.25, 0.3) is 0 Å². The predicted molar refractivity (Wildman–Crippen MR) is 65.5 cm³/mol. The van der Waals surface area contributed by atoms with Crippen LogP contribution >= 0.6 is 0 Å². The number of ether oxygens (including phenoxy) is 1. The van der Waals surface area contributed by atoms with Crippen molar-refractivity contribution in [2.24, 2.45) is 0 Å². The van der Waals surface area contributed by atoms with Gasteiger partial charge in [-0.1, -0.05) is 0 Å². The lowest BCUT2D eigenvalue weighted by Gasteiger charge is -2.35. The lowest BCUT2D eigenvalue weighted by Crippen LogP contribution is -2.50. The van der Waals surface area contributed by atoms with Crippen LogP contribution < -0.4 is 0 Å². The van der Waals surface area contributed by atoms with Crippen molar-refractivity contribution in [3.8, 4) is 0 Å². The first-order valence-corrected chi connectivity index (χ1v) is 6.69. The molecular weight excluding hydrogens is 248 g/mol. The van der Waals surface area contributed by atoms with Gasteiger partial charge in [0, 0.05) is 39.3 Å². The number of aromatic nitrogens is 4. The topological polar surface area (TPSA) is 87.2 Å². The summed E-state index contributed by atoms with van der Waals surface area (Å²) in [5.74, 6) is -0.00177. The number of nitrogens with one attached hydrogen (secondary N) is 1. The molecule has 3 rings (SSSR count). The molecule has 1 atom stereocenters. The first-order valence-electron chi connectivity index (χ1n) is 6.69. The third kappa shape index (κ3) is 2.90. The molecule has 1 unspecified atom stereocenters. The predicted octanol–water partition coefficient (Wildman–Crippen LogP) is -0.863. The molecule has 8 heteroatoms. The maximum atomic E-state index is 12.0. The first kappa shape index (κ1) is 12.5. The zero-order chi connectivity index (χ0) is 13.1. The zero-order valence-corrected chi connectivity index (χ0v) is 10.8. The Balaban J connectivity index is 1.47. The van der Waals surface area contributed by atoms with Gasteiger partial charge in [-0.25, -0.2) is 0 Å². The van der Waals surface area contributed by atoms with Crippen LogP contribution in [0.4, 0.5) is 0 Å². The highest BCUT2D eigenvalue weighted by molar-refractivity contribution is 5.90. The Morgan fingerprint density at radius 3 is 2.84 bits per heavy atom. The van der Waals surface area contributed by atoms with Crippen molar-refractivity contribution in [1.29, 1.82) is 0 Å². The minimum Gasteiger partial charge on any atom is -0.377 e. The summed E-state index contributed by atoms with van der Waals surface area (Å²) >= 11 is 0. The highest BCUT2D eigenvalue weighted by Gasteiger charge is 2.26. The monoisotopic (exact) mass is 266 g/mol. The van der Waals surface area contributed by atoms with Crippen LogP contribution in [-0.2, 0) is 4.74 Å². The molecular formula is C11H18N6O2. The molecule has 1 amide bonds. The Hall–Kier alpha value is -1.54. The van der Waals surface area contributed by atoms with Crippen LogP contribution in [0.15, 0.2) is 0 Å². The second-order valence-corrected chi connectivity index (χ2v) is 4.96. The zero-order valence-electron chi connectivity index (χ0n) is 10.8. The number of tetrazole rings is 1. The molecule has 1 aromatic rings. The molecule has 0 spiro atoms. The summed E-state index contributed by atoms with van der Waals surface area (Å²) in [6.45, 7) is 5.04. The summed E-state index contributed by atoms with van der Waals surface area (Å²) in [6.07, 6.45) is 2.70. The molecule has 3 heterocycles. The van der Waals surface area contributed by atoms with Crippen molar-refractivity contribution in [3.63, 3.8) is 0 Å². The fraction of sp³-hybridized carbons (Fsp3) is 0.818. The molecule has 104 valence electrons. The van der Waals surface area contributed by atoms with Gasteiger partial charge < -0.3 is 9.64 Å². The van der Waals surface area contributed by atoms with E-state index in [4.69, 9.17) is 4.74 Å². The van der Waals surface area contributed by atoms with Crippen molar-refractivity contribution in [2.75, 3.05) is 39.3 Å². The van der Waals surface area contributed by atoms with Gasteiger partial charge in [0.15, 0.2) is 0 Å². The number of amides is 1. The van der Waals surface area contributed by atoms with Gasteiger partial charge in [-0.15, -0.1) is 10.2 Å².